The van der Waals surface area contributed by atoms with Crippen LogP contribution in [-0.4, -0.2) is 7.11 Å². The number of nitriles is 1. The van der Waals surface area contributed by atoms with Gasteiger partial charge < -0.3 is 10.5 Å². The molecule has 1 rings (SSSR count). The smallest absolute Gasteiger partial charge is 0.130 e. The molecule has 4 heteroatoms. The highest BCUT2D eigenvalue weighted by Gasteiger charge is 2.24. The summed E-state index contributed by atoms with van der Waals surface area (Å²) in [5, 5.41) is 8.81. The van der Waals surface area contributed by atoms with Crippen molar-refractivity contribution in [1.29, 1.82) is 5.26 Å². The van der Waals surface area contributed by atoms with E-state index in [9.17, 15) is 4.39 Å². The normalized spacial score (nSPS) is 14.2. The van der Waals surface area contributed by atoms with E-state index in [4.69, 9.17) is 15.7 Å². The molecule has 0 unspecified atom stereocenters. The van der Waals surface area contributed by atoms with Gasteiger partial charge in [0, 0.05) is 11.6 Å². The molecule has 0 amide bonds. The van der Waals surface area contributed by atoms with Gasteiger partial charge in [0.1, 0.15) is 17.1 Å². The zero-order valence-corrected chi connectivity index (χ0v) is 8.04. The van der Waals surface area contributed by atoms with E-state index in [0.29, 0.717) is 5.56 Å². The minimum atomic E-state index is -1.17. The van der Waals surface area contributed by atoms with Crippen molar-refractivity contribution in [3.63, 3.8) is 0 Å². The van der Waals surface area contributed by atoms with Gasteiger partial charge in [-0.2, -0.15) is 5.26 Å². The minimum Gasteiger partial charge on any atom is -0.496 e. The summed E-state index contributed by atoms with van der Waals surface area (Å²) in [6.07, 6.45) is 0. The fraction of sp³-hybridized carbons (Fsp3) is 0.300. The quantitative estimate of drug-likeness (QED) is 0.776. The molecule has 3 nitrogen and oxygen atoms in total. The average molecular weight is 194 g/mol. The molecule has 1 aromatic rings. The van der Waals surface area contributed by atoms with Gasteiger partial charge in [-0.15, -0.1) is 0 Å². The van der Waals surface area contributed by atoms with E-state index in [-0.39, 0.29) is 5.75 Å². The predicted molar refractivity (Wildman–Crippen MR) is 50.1 cm³/mol. The molecular weight excluding hydrogens is 183 g/mol. The van der Waals surface area contributed by atoms with Crippen molar-refractivity contribution in [1.82, 2.24) is 0 Å². The second-order valence-electron chi connectivity index (χ2n) is 3.16. The predicted octanol–water partition coefficient (Wildman–Crippen LogP) is 1.53. The molecule has 0 aromatic heterocycles. The van der Waals surface area contributed by atoms with Crippen LogP contribution >= 0.6 is 0 Å². The maximum Gasteiger partial charge on any atom is 0.130 e. The maximum atomic E-state index is 12.8. The first-order valence-corrected chi connectivity index (χ1v) is 4.05. The number of nitrogens with zero attached hydrogens (tertiary/aromatic N) is 1. The molecule has 0 aliphatic carbocycles. The van der Waals surface area contributed by atoms with Crippen molar-refractivity contribution >= 4 is 0 Å². The van der Waals surface area contributed by atoms with Gasteiger partial charge in [0.15, 0.2) is 0 Å². The van der Waals surface area contributed by atoms with Crippen LogP contribution in [0.2, 0.25) is 0 Å². The van der Waals surface area contributed by atoms with Crippen LogP contribution in [0, 0.1) is 17.1 Å². The van der Waals surface area contributed by atoms with E-state index in [2.05, 4.69) is 0 Å². The Kier molecular flexibility index (Phi) is 2.73. The molecule has 0 bridgehead atoms. The molecule has 2 N–H and O–H groups in total. The van der Waals surface area contributed by atoms with Crippen molar-refractivity contribution in [2.45, 2.75) is 12.5 Å². The van der Waals surface area contributed by atoms with Gasteiger partial charge in [-0.25, -0.2) is 4.39 Å². The maximum absolute atomic E-state index is 12.8. The SMILES string of the molecule is COc1cc(F)ccc1[C@@](C)(N)C#N. The van der Waals surface area contributed by atoms with E-state index in [1.165, 1.54) is 25.3 Å². The number of methoxy groups -OCH3 is 1. The van der Waals surface area contributed by atoms with Crippen molar-refractivity contribution in [2.24, 2.45) is 5.73 Å². The van der Waals surface area contributed by atoms with Crippen LogP contribution in [0.3, 0.4) is 0 Å². The molecule has 0 spiro atoms. The second-order valence-corrected chi connectivity index (χ2v) is 3.16. The first-order valence-electron chi connectivity index (χ1n) is 4.05. The lowest BCUT2D eigenvalue weighted by Gasteiger charge is -2.18. The van der Waals surface area contributed by atoms with E-state index in [1.807, 2.05) is 6.07 Å². The zero-order valence-electron chi connectivity index (χ0n) is 8.04. The highest BCUT2D eigenvalue weighted by Crippen LogP contribution is 2.28. The van der Waals surface area contributed by atoms with Gasteiger partial charge >= 0.3 is 0 Å². The van der Waals surface area contributed by atoms with Gasteiger partial charge in [-0.3, -0.25) is 0 Å². The van der Waals surface area contributed by atoms with E-state index in [1.54, 1.807) is 6.92 Å². The number of halogens is 1. The summed E-state index contributed by atoms with van der Waals surface area (Å²) in [7, 11) is 1.41. The number of rotatable bonds is 2. The second kappa shape index (κ2) is 3.64. The zero-order chi connectivity index (χ0) is 10.8. The third-order valence-corrected chi connectivity index (χ3v) is 1.96. The Morgan fingerprint density at radius 1 is 1.57 bits per heavy atom. The Balaban J connectivity index is 3.29. The van der Waals surface area contributed by atoms with Crippen molar-refractivity contribution in [2.75, 3.05) is 7.11 Å². The molecule has 74 valence electrons. The lowest BCUT2D eigenvalue weighted by atomic mass is 9.94. The Hall–Kier alpha value is -1.60. The van der Waals surface area contributed by atoms with E-state index >= 15 is 0 Å². The number of ether oxygens (including phenoxy) is 1. The number of nitrogens with two attached hydrogens (primary N) is 1. The van der Waals surface area contributed by atoms with Gasteiger partial charge in [-0.05, 0) is 19.1 Å². The van der Waals surface area contributed by atoms with Crippen molar-refractivity contribution in [3.8, 4) is 11.8 Å². The Labute approximate surface area is 81.9 Å². The molecule has 1 aromatic carbocycles. The fourth-order valence-corrected chi connectivity index (χ4v) is 1.15. The van der Waals surface area contributed by atoms with Crippen molar-refractivity contribution < 1.29 is 9.13 Å². The molecule has 0 saturated carbocycles. The summed E-state index contributed by atoms with van der Waals surface area (Å²) in [4.78, 5) is 0. The molecular formula is C10H11FN2O. The monoisotopic (exact) mass is 194 g/mol. The summed E-state index contributed by atoms with van der Waals surface area (Å²) in [6.45, 7) is 1.54. The van der Waals surface area contributed by atoms with Crippen molar-refractivity contribution in [3.05, 3.63) is 29.6 Å². The molecule has 0 saturated heterocycles. The fourth-order valence-electron chi connectivity index (χ4n) is 1.15. The largest absolute Gasteiger partial charge is 0.496 e. The molecule has 0 radical (unpaired) electrons. The standard InChI is InChI=1S/C10H11FN2O/c1-10(13,6-12)8-4-3-7(11)5-9(8)14-2/h3-5H,13H2,1-2H3/t10-/m0/s1. The summed E-state index contributed by atoms with van der Waals surface area (Å²) >= 11 is 0. The van der Waals surface area contributed by atoms with E-state index in [0.717, 1.165) is 0 Å². The molecule has 1 atom stereocenters. The average Bonchev–Trinajstić information content (AvgIpc) is 2.17. The van der Waals surface area contributed by atoms with Crippen LogP contribution < -0.4 is 10.5 Å². The topological polar surface area (TPSA) is 59.0 Å². The summed E-state index contributed by atoms with van der Waals surface area (Å²) in [6, 6.07) is 5.84. The van der Waals surface area contributed by atoms with Crippen LogP contribution in [0.4, 0.5) is 4.39 Å². The molecule has 0 heterocycles. The van der Waals surface area contributed by atoms with E-state index < -0.39 is 11.4 Å². The lowest BCUT2D eigenvalue weighted by Crippen LogP contribution is -2.31. The number of hydrogen-bond donors (Lipinski definition) is 1. The van der Waals surface area contributed by atoms with Gasteiger partial charge in [0.05, 0.1) is 13.2 Å². The van der Waals surface area contributed by atoms with Crippen LogP contribution in [0.1, 0.15) is 12.5 Å². The van der Waals surface area contributed by atoms with Crippen LogP contribution in [0.15, 0.2) is 18.2 Å². The minimum absolute atomic E-state index is 0.288. The molecule has 0 aliphatic rings. The Bertz CT molecular complexity index is 382. The molecule has 14 heavy (non-hydrogen) atoms. The van der Waals surface area contributed by atoms with Gasteiger partial charge in [0.25, 0.3) is 0 Å². The Morgan fingerprint density at radius 3 is 2.71 bits per heavy atom. The summed E-state index contributed by atoms with van der Waals surface area (Å²) in [5.74, 6) is -0.129. The first kappa shape index (κ1) is 10.5. The first-order chi connectivity index (χ1) is 6.51. The summed E-state index contributed by atoms with van der Waals surface area (Å²) < 4.78 is 17.8. The van der Waals surface area contributed by atoms with Crippen LogP contribution in [0.5, 0.6) is 5.75 Å². The summed E-state index contributed by atoms with van der Waals surface area (Å²) in [5.41, 5.74) is 5.01. The molecule has 0 aliphatic heterocycles. The molecule has 0 fully saturated rings. The highest BCUT2D eigenvalue weighted by molar-refractivity contribution is 5.42. The number of hydrogen-bond acceptors (Lipinski definition) is 3. The van der Waals surface area contributed by atoms with Gasteiger partial charge in [-0.1, -0.05) is 0 Å². The highest BCUT2D eigenvalue weighted by atomic mass is 19.1. The number of benzene rings is 1. The van der Waals surface area contributed by atoms with Crippen LogP contribution in [0.25, 0.3) is 0 Å². The van der Waals surface area contributed by atoms with Gasteiger partial charge in [0.2, 0.25) is 0 Å². The van der Waals surface area contributed by atoms with Crippen LogP contribution in [-0.2, 0) is 5.54 Å². The Morgan fingerprint density at radius 2 is 2.21 bits per heavy atom. The lowest BCUT2D eigenvalue weighted by molar-refractivity contribution is 0.397. The third-order valence-electron chi connectivity index (χ3n) is 1.96. The third kappa shape index (κ3) is 1.83.